The first-order valence-electron chi connectivity index (χ1n) is 8.99. The van der Waals surface area contributed by atoms with Gasteiger partial charge in [0.1, 0.15) is 5.52 Å². The summed E-state index contributed by atoms with van der Waals surface area (Å²) < 4.78 is 16.8. The summed E-state index contributed by atoms with van der Waals surface area (Å²) in [5, 5.41) is 10.5. The van der Waals surface area contributed by atoms with Gasteiger partial charge >= 0.3 is 0 Å². The smallest absolute Gasteiger partial charge is 0.228 e. The third-order valence-corrected chi connectivity index (χ3v) is 5.55. The molecule has 2 aromatic rings. The largest absolute Gasteiger partial charge is 0.368 e. The number of rotatable bonds is 6. The molecule has 2 aliphatic rings. The molecule has 0 saturated carbocycles. The summed E-state index contributed by atoms with van der Waals surface area (Å²) in [5.41, 5.74) is 1.39. The number of carbonyl (C=O) groups is 2. The van der Waals surface area contributed by atoms with Crippen LogP contribution in [0.4, 0.5) is 15.9 Å². The molecule has 4 rings (SSSR count). The lowest BCUT2D eigenvalue weighted by molar-refractivity contribution is -0.125. The number of aromatic nitrogens is 2. The molecule has 2 saturated heterocycles. The van der Waals surface area contributed by atoms with Crippen LogP contribution < -0.4 is 20.4 Å². The lowest BCUT2D eigenvalue weighted by atomic mass is 9.74. The molecule has 2 N–H and O–H groups in total. The van der Waals surface area contributed by atoms with Gasteiger partial charge in [0.05, 0.1) is 5.69 Å². The van der Waals surface area contributed by atoms with Gasteiger partial charge in [0.25, 0.3) is 0 Å². The summed E-state index contributed by atoms with van der Waals surface area (Å²) in [5.74, 6) is -0.00847. The van der Waals surface area contributed by atoms with E-state index in [1.54, 1.807) is 23.7 Å². The number of imide groups is 1. The molecule has 1 spiro atoms. The van der Waals surface area contributed by atoms with Crippen molar-refractivity contribution in [3.8, 4) is 0 Å². The molecule has 1 aromatic carbocycles. The van der Waals surface area contributed by atoms with Crippen molar-refractivity contribution >= 4 is 34.7 Å². The molecule has 9 heteroatoms. The Balaban J connectivity index is 1.56. The van der Waals surface area contributed by atoms with E-state index in [2.05, 4.69) is 20.6 Å². The van der Waals surface area contributed by atoms with E-state index in [0.29, 0.717) is 40.8 Å². The molecule has 27 heavy (non-hydrogen) atoms. The first kappa shape index (κ1) is 17.7. The van der Waals surface area contributed by atoms with Gasteiger partial charge in [0.15, 0.2) is 11.6 Å². The predicted molar refractivity (Wildman–Crippen MR) is 100 cm³/mol. The van der Waals surface area contributed by atoms with Gasteiger partial charge in [-0.1, -0.05) is 0 Å². The SMILES string of the molecule is CN(CCC(=O)NC=O)c1nn(C)c2c(F)c(N3CC4(CNC4)C3)ccc12. The molecule has 3 heterocycles. The Morgan fingerprint density at radius 2 is 2.19 bits per heavy atom. The zero-order valence-corrected chi connectivity index (χ0v) is 15.5. The molecule has 0 unspecified atom stereocenters. The molecule has 144 valence electrons. The highest BCUT2D eigenvalue weighted by Crippen LogP contribution is 2.40. The van der Waals surface area contributed by atoms with Crippen LogP contribution in [0.25, 0.3) is 10.9 Å². The Labute approximate surface area is 156 Å². The van der Waals surface area contributed by atoms with Crippen molar-refractivity contribution in [2.24, 2.45) is 12.5 Å². The maximum atomic E-state index is 15.2. The van der Waals surface area contributed by atoms with Crippen molar-refractivity contribution < 1.29 is 14.0 Å². The molecular weight excluding hydrogens is 351 g/mol. The average Bonchev–Trinajstić information content (AvgIpc) is 2.90. The standard InChI is InChI=1S/C18H23FN6O2/c1-23(6-5-14(27)21-11-26)17-12-3-4-13(15(19)16(12)24(2)22-17)25-9-18(10-25)7-20-8-18/h3-4,11,20H,5-10H2,1-2H3,(H,21,26,27). The monoisotopic (exact) mass is 374 g/mol. The summed E-state index contributed by atoms with van der Waals surface area (Å²) in [6, 6.07) is 3.71. The molecule has 0 radical (unpaired) electrons. The van der Waals surface area contributed by atoms with E-state index in [9.17, 15) is 9.59 Å². The molecule has 2 aliphatic heterocycles. The molecular formula is C18H23FN6O2. The van der Waals surface area contributed by atoms with E-state index in [1.165, 1.54) is 0 Å². The maximum Gasteiger partial charge on any atom is 0.228 e. The van der Waals surface area contributed by atoms with Gasteiger partial charge in [-0.15, -0.1) is 0 Å². The van der Waals surface area contributed by atoms with E-state index in [1.807, 2.05) is 12.1 Å². The third kappa shape index (κ3) is 2.91. The van der Waals surface area contributed by atoms with Crippen LogP contribution in [0.15, 0.2) is 12.1 Å². The van der Waals surface area contributed by atoms with Crippen molar-refractivity contribution in [1.29, 1.82) is 0 Å². The fourth-order valence-electron chi connectivity index (χ4n) is 3.97. The molecule has 1 aromatic heterocycles. The van der Waals surface area contributed by atoms with Crippen molar-refractivity contribution in [2.75, 3.05) is 49.6 Å². The summed E-state index contributed by atoms with van der Waals surface area (Å²) in [4.78, 5) is 25.7. The number of aryl methyl sites for hydroxylation is 1. The van der Waals surface area contributed by atoms with E-state index in [4.69, 9.17) is 0 Å². The Bertz CT molecular complexity index is 899. The van der Waals surface area contributed by atoms with Crippen molar-refractivity contribution in [2.45, 2.75) is 6.42 Å². The van der Waals surface area contributed by atoms with Gasteiger partial charge in [-0.05, 0) is 12.1 Å². The number of fused-ring (bicyclic) bond motifs is 1. The van der Waals surface area contributed by atoms with Crippen LogP contribution in [0.2, 0.25) is 0 Å². The second-order valence-corrected chi connectivity index (χ2v) is 7.56. The topological polar surface area (TPSA) is 82.5 Å². The van der Waals surface area contributed by atoms with Gasteiger partial charge in [0, 0.05) is 64.0 Å². The number of carbonyl (C=O) groups excluding carboxylic acids is 2. The molecule has 0 aliphatic carbocycles. The van der Waals surface area contributed by atoms with E-state index < -0.39 is 0 Å². The zero-order chi connectivity index (χ0) is 19.2. The Morgan fingerprint density at radius 1 is 1.44 bits per heavy atom. The zero-order valence-electron chi connectivity index (χ0n) is 15.5. The molecule has 8 nitrogen and oxygen atoms in total. The van der Waals surface area contributed by atoms with Crippen LogP contribution in [-0.2, 0) is 16.6 Å². The second-order valence-electron chi connectivity index (χ2n) is 7.56. The number of nitrogens with one attached hydrogen (secondary N) is 2. The first-order chi connectivity index (χ1) is 12.9. The Kier molecular flexibility index (Phi) is 4.26. The third-order valence-electron chi connectivity index (χ3n) is 5.55. The van der Waals surface area contributed by atoms with Crippen molar-refractivity contribution in [1.82, 2.24) is 20.4 Å². The Hall–Kier alpha value is -2.68. The summed E-state index contributed by atoms with van der Waals surface area (Å²) >= 11 is 0. The molecule has 0 bridgehead atoms. The average molecular weight is 374 g/mol. The van der Waals surface area contributed by atoms with Crippen LogP contribution in [0.1, 0.15) is 6.42 Å². The number of anilines is 2. The molecule has 2 fully saturated rings. The van der Waals surface area contributed by atoms with E-state index in [0.717, 1.165) is 26.2 Å². The van der Waals surface area contributed by atoms with Gasteiger partial charge < -0.3 is 15.1 Å². The van der Waals surface area contributed by atoms with Gasteiger partial charge in [0.2, 0.25) is 12.3 Å². The minimum atomic E-state index is -0.359. The minimum Gasteiger partial charge on any atom is -0.368 e. The Morgan fingerprint density at radius 3 is 2.81 bits per heavy atom. The highest BCUT2D eigenvalue weighted by molar-refractivity contribution is 5.94. The van der Waals surface area contributed by atoms with Gasteiger partial charge in [-0.25, -0.2) is 4.39 Å². The van der Waals surface area contributed by atoms with Crippen LogP contribution in [0, 0.1) is 11.2 Å². The first-order valence-corrected chi connectivity index (χ1v) is 8.99. The van der Waals surface area contributed by atoms with Crippen LogP contribution >= 0.6 is 0 Å². The number of hydrogen-bond donors (Lipinski definition) is 2. The van der Waals surface area contributed by atoms with Crippen molar-refractivity contribution in [3.05, 3.63) is 17.9 Å². The fourth-order valence-corrected chi connectivity index (χ4v) is 3.97. The number of hydrogen-bond acceptors (Lipinski definition) is 6. The van der Waals surface area contributed by atoms with Crippen LogP contribution in [-0.4, -0.2) is 61.9 Å². The number of nitrogens with zero attached hydrogens (tertiary/aromatic N) is 4. The summed E-state index contributed by atoms with van der Waals surface area (Å²) in [6.07, 6.45) is 0.521. The predicted octanol–water partition coefficient (Wildman–Crippen LogP) is 0.221. The van der Waals surface area contributed by atoms with Crippen LogP contribution in [0.5, 0.6) is 0 Å². The minimum absolute atomic E-state index is 0.151. The maximum absolute atomic E-state index is 15.2. The van der Waals surface area contributed by atoms with E-state index in [-0.39, 0.29) is 18.1 Å². The van der Waals surface area contributed by atoms with Crippen molar-refractivity contribution in [3.63, 3.8) is 0 Å². The second kappa shape index (κ2) is 6.49. The van der Waals surface area contributed by atoms with E-state index >= 15 is 4.39 Å². The summed E-state index contributed by atoms with van der Waals surface area (Å²) in [6.45, 7) is 4.13. The van der Waals surface area contributed by atoms with Crippen LogP contribution in [0.3, 0.4) is 0 Å². The number of benzene rings is 1. The van der Waals surface area contributed by atoms with Gasteiger partial charge in [-0.2, -0.15) is 5.10 Å². The highest BCUT2D eigenvalue weighted by atomic mass is 19.1. The molecule has 0 atom stereocenters. The lowest BCUT2D eigenvalue weighted by Crippen LogP contribution is -2.71. The molecule has 2 amide bonds. The van der Waals surface area contributed by atoms with Gasteiger partial charge in [-0.3, -0.25) is 19.6 Å². The highest BCUT2D eigenvalue weighted by Gasteiger charge is 2.48. The summed E-state index contributed by atoms with van der Waals surface area (Å²) in [7, 11) is 3.52. The number of amides is 2. The normalized spacial score (nSPS) is 17.5. The lowest BCUT2D eigenvalue weighted by Gasteiger charge is -2.57. The fraction of sp³-hybridized carbons (Fsp3) is 0.500. The number of halogens is 1. The quantitative estimate of drug-likeness (QED) is 0.704.